The molecule has 0 spiro atoms. The molecule has 1 aliphatic heterocycles. The molecular weight excluding hydrogens is 428 g/mol. The first-order chi connectivity index (χ1) is 15.1. The van der Waals surface area contributed by atoms with Crippen molar-refractivity contribution in [3.63, 3.8) is 0 Å². The number of benzene rings is 2. The van der Waals surface area contributed by atoms with E-state index in [1.165, 1.54) is 9.87 Å². The Kier molecular flexibility index (Phi) is 7.92. The van der Waals surface area contributed by atoms with Gasteiger partial charge in [-0.15, -0.1) is 0 Å². The van der Waals surface area contributed by atoms with Gasteiger partial charge in [0, 0.05) is 18.7 Å². The van der Waals surface area contributed by atoms with E-state index in [1.807, 2.05) is 12.1 Å². The third-order valence-electron chi connectivity index (χ3n) is 5.31. The van der Waals surface area contributed by atoms with Crippen LogP contribution in [0, 0.1) is 0 Å². The van der Waals surface area contributed by atoms with Gasteiger partial charge in [-0.25, -0.2) is 8.42 Å². The van der Waals surface area contributed by atoms with Crippen LogP contribution in [0.2, 0.25) is 0 Å². The number of carbonyl (C=O) groups excluding carboxylic acids is 1. The molecule has 2 aromatic carbocycles. The molecule has 2 aromatic rings. The number of morpholine rings is 1. The summed E-state index contributed by atoms with van der Waals surface area (Å²) in [4.78, 5) is 12.3. The SMILES string of the molecule is CC(C)(C)c1ccc(OCCNC(=O)c2ccc(CS(=O)(=O)N3CCOCC3)cc2)cc1. The first kappa shape index (κ1) is 24.2. The molecule has 0 aliphatic carbocycles. The van der Waals surface area contributed by atoms with E-state index in [2.05, 4.69) is 38.2 Å². The lowest BCUT2D eigenvalue weighted by Crippen LogP contribution is -2.41. The Balaban J connectivity index is 1.44. The van der Waals surface area contributed by atoms with Crippen LogP contribution in [0.15, 0.2) is 48.5 Å². The molecule has 1 saturated heterocycles. The average molecular weight is 461 g/mol. The number of hydrogen-bond acceptors (Lipinski definition) is 5. The van der Waals surface area contributed by atoms with Gasteiger partial charge >= 0.3 is 0 Å². The maximum atomic E-state index is 12.5. The fourth-order valence-corrected chi connectivity index (χ4v) is 4.87. The Morgan fingerprint density at radius 3 is 2.25 bits per heavy atom. The van der Waals surface area contributed by atoms with E-state index in [1.54, 1.807) is 24.3 Å². The maximum absolute atomic E-state index is 12.5. The number of nitrogens with zero attached hydrogens (tertiary/aromatic N) is 1. The molecule has 8 heteroatoms. The molecular formula is C24H32N2O5S. The van der Waals surface area contributed by atoms with Crippen LogP contribution < -0.4 is 10.1 Å². The number of rotatable bonds is 8. The van der Waals surface area contributed by atoms with E-state index in [0.29, 0.717) is 50.6 Å². The highest BCUT2D eigenvalue weighted by atomic mass is 32.2. The second-order valence-corrected chi connectivity index (χ2v) is 10.8. The number of nitrogens with one attached hydrogen (secondary N) is 1. The van der Waals surface area contributed by atoms with Gasteiger partial charge in [0.05, 0.1) is 25.5 Å². The van der Waals surface area contributed by atoms with E-state index in [0.717, 1.165) is 5.75 Å². The second kappa shape index (κ2) is 10.5. The van der Waals surface area contributed by atoms with E-state index >= 15 is 0 Å². The summed E-state index contributed by atoms with van der Waals surface area (Å²) in [6.07, 6.45) is 0. The molecule has 0 saturated carbocycles. The number of sulfonamides is 1. The van der Waals surface area contributed by atoms with Crippen molar-refractivity contribution in [2.75, 3.05) is 39.5 Å². The van der Waals surface area contributed by atoms with Crippen molar-refractivity contribution in [1.82, 2.24) is 9.62 Å². The van der Waals surface area contributed by atoms with Crippen LogP contribution in [0.1, 0.15) is 42.3 Å². The lowest BCUT2D eigenvalue weighted by atomic mass is 9.87. The normalized spacial score (nSPS) is 15.3. The lowest BCUT2D eigenvalue weighted by molar-refractivity contribution is 0.0729. The third kappa shape index (κ3) is 6.79. The molecule has 32 heavy (non-hydrogen) atoms. The third-order valence-corrected chi connectivity index (χ3v) is 7.16. The first-order valence-electron chi connectivity index (χ1n) is 10.8. The number of hydrogen-bond donors (Lipinski definition) is 1. The van der Waals surface area contributed by atoms with Crippen molar-refractivity contribution < 1.29 is 22.7 Å². The van der Waals surface area contributed by atoms with Gasteiger partial charge in [-0.2, -0.15) is 4.31 Å². The molecule has 7 nitrogen and oxygen atoms in total. The van der Waals surface area contributed by atoms with Crippen LogP contribution in [0.25, 0.3) is 0 Å². The Bertz CT molecular complexity index is 990. The molecule has 0 bridgehead atoms. The standard InChI is InChI=1S/C24H32N2O5S/c1-24(2,3)21-8-10-22(11-9-21)31-15-12-25-23(27)20-6-4-19(5-7-20)18-32(28,29)26-13-16-30-17-14-26/h4-11H,12-18H2,1-3H3,(H,25,27). The molecule has 0 unspecified atom stereocenters. The topological polar surface area (TPSA) is 84.9 Å². The Morgan fingerprint density at radius 2 is 1.66 bits per heavy atom. The number of amides is 1. The van der Waals surface area contributed by atoms with Crippen LogP contribution >= 0.6 is 0 Å². The van der Waals surface area contributed by atoms with Gasteiger partial charge in [-0.05, 0) is 40.8 Å². The van der Waals surface area contributed by atoms with Crippen molar-refractivity contribution in [3.8, 4) is 5.75 Å². The fourth-order valence-electron chi connectivity index (χ4n) is 3.37. The summed E-state index contributed by atoms with van der Waals surface area (Å²) in [5, 5.41) is 2.82. The molecule has 1 amide bonds. The van der Waals surface area contributed by atoms with Crippen LogP contribution in [0.3, 0.4) is 0 Å². The van der Waals surface area contributed by atoms with Gasteiger partial charge in [0.25, 0.3) is 5.91 Å². The zero-order chi connectivity index (χ0) is 23.2. The smallest absolute Gasteiger partial charge is 0.251 e. The van der Waals surface area contributed by atoms with E-state index in [-0.39, 0.29) is 17.1 Å². The largest absolute Gasteiger partial charge is 0.492 e. The zero-order valence-electron chi connectivity index (χ0n) is 19.0. The molecule has 1 fully saturated rings. The highest BCUT2D eigenvalue weighted by Gasteiger charge is 2.24. The van der Waals surface area contributed by atoms with Gasteiger partial charge in [0.2, 0.25) is 10.0 Å². The summed E-state index contributed by atoms with van der Waals surface area (Å²) in [6.45, 7) is 8.81. The average Bonchev–Trinajstić information content (AvgIpc) is 2.77. The second-order valence-electron chi connectivity index (χ2n) is 8.84. The summed E-state index contributed by atoms with van der Waals surface area (Å²) in [5.41, 5.74) is 2.45. The van der Waals surface area contributed by atoms with Crippen molar-refractivity contribution in [1.29, 1.82) is 0 Å². The van der Waals surface area contributed by atoms with Gasteiger partial charge in [0.15, 0.2) is 0 Å². The quantitative estimate of drug-likeness (QED) is 0.613. The molecule has 1 aliphatic rings. The monoisotopic (exact) mass is 460 g/mol. The molecule has 0 radical (unpaired) electrons. The molecule has 3 rings (SSSR count). The molecule has 174 valence electrons. The van der Waals surface area contributed by atoms with E-state index < -0.39 is 10.0 Å². The minimum absolute atomic E-state index is 0.0866. The molecule has 0 aromatic heterocycles. The van der Waals surface area contributed by atoms with Crippen LogP contribution in [-0.4, -0.2) is 58.1 Å². The predicted molar refractivity (Wildman–Crippen MR) is 124 cm³/mol. The number of ether oxygens (including phenoxy) is 2. The van der Waals surface area contributed by atoms with Crippen molar-refractivity contribution in [2.45, 2.75) is 31.9 Å². The summed E-state index contributed by atoms with van der Waals surface area (Å²) < 4.78 is 37.4. The van der Waals surface area contributed by atoms with Gasteiger partial charge in [-0.1, -0.05) is 45.0 Å². The predicted octanol–water partition coefficient (Wildman–Crippen LogP) is 2.95. The van der Waals surface area contributed by atoms with Crippen LogP contribution in [0.4, 0.5) is 0 Å². The maximum Gasteiger partial charge on any atom is 0.251 e. The Morgan fingerprint density at radius 1 is 1.03 bits per heavy atom. The van der Waals surface area contributed by atoms with Crippen molar-refractivity contribution in [3.05, 3.63) is 65.2 Å². The summed E-state index contributed by atoms with van der Waals surface area (Å²) in [7, 11) is -3.39. The summed E-state index contributed by atoms with van der Waals surface area (Å²) in [6, 6.07) is 14.6. The molecule has 1 N–H and O–H groups in total. The first-order valence-corrected chi connectivity index (χ1v) is 12.4. The summed E-state index contributed by atoms with van der Waals surface area (Å²) in [5.74, 6) is 0.453. The van der Waals surface area contributed by atoms with Crippen molar-refractivity contribution in [2.24, 2.45) is 0 Å². The van der Waals surface area contributed by atoms with Crippen LogP contribution in [0.5, 0.6) is 5.75 Å². The molecule has 0 atom stereocenters. The zero-order valence-corrected chi connectivity index (χ0v) is 19.8. The highest BCUT2D eigenvalue weighted by molar-refractivity contribution is 7.88. The summed E-state index contributed by atoms with van der Waals surface area (Å²) >= 11 is 0. The minimum atomic E-state index is -3.39. The van der Waals surface area contributed by atoms with E-state index in [4.69, 9.17) is 9.47 Å². The van der Waals surface area contributed by atoms with Gasteiger partial charge in [-0.3, -0.25) is 4.79 Å². The van der Waals surface area contributed by atoms with Gasteiger partial charge in [0.1, 0.15) is 12.4 Å². The molecule has 1 heterocycles. The van der Waals surface area contributed by atoms with Crippen molar-refractivity contribution >= 4 is 15.9 Å². The highest BCUT2D eigenvalue weighted by Crippen LogP contribution is 2.24. The Labute approximate surface area is 190 Å². The number of carbonyl (C=O) groups is 1. The lowest BCUT2D eigenvalue weighted by Gasteiger charge is -2.26. The Hall–Kier alpha value is -2.42. The fraction of sp³-hybridized carbons (Fsp3) is 0.458. The van der Waals surface area contributed by atoms with Gasteiger partial charge < -0.3 is 14.8 Å². The van der Waals surface area contributed by atoms with E-state index in [9.17, 15) is 13.2 Å². The minimum Gasteiger partial charge on any atom is -0.492 e. The van der Waals surface area contributed by atoms with Crippen LogP contribution in [-0.2, 0) is 25.9 Å².